The fourth-order valence-electron chi connectivity index (χ4n) is 2.97. The minimum atomic E-state index is -4.65. The van der Waals surface area contributed by atoms with Gasteiger partial charge in [0.05, 0.1) is 16.5 Å². The van der Waals surface area contributed by atoms with Crippen molar-refractivity contribution in [2.75, 3.05) is 11.9 Å². The topological polar surface area (TPSA) is 65.8 Å². The first kappa shape index (κ1) is 19.4. The van der Waals surface area contributed by atoms with Gasteiger partial charge in [0.2, 0.25) is 5.88 Å². The number of benzene rings is 2. The van der Waals surface area contributed by atoms with Crippen molar-refractivity contribution in [1.29, 1.82) is 0 Å². The number of carbonyl (C=O) groups is 1. The number of aromatic nitrogens is 1. The number of thiazole rings is 1. The number of hydrogen-bond acceptors (Lipinski definition) is 5. The number of carbonyl (C=O) groups excluding carboxylic acids is 1. The molecule has 0 saturated carbocycles. The lowest BCUT2D eigenvalue weighted by Crippen LogP contribution is -2.31. The number of rotatable bonds is 3. The summed E-state index contributed by atoms with van der Waals surface area (Å²) in [6, 6.07) is 10.3. The molecule has 0 unspecified atom stereocenters. The minimum absolute atomic E-state index is 0.0180. The quantitative estimate of drug-likeness (QED) is 0.679. The van der Waals surface area contributed by atoms with E-state index in [1.807, 2.05) is 0 Å². The van der Waals surface area contributed by atoms with Crippen LogP contribution in [0.1, 0.15) is 10.4 Å². The van der Waals surface area contributed by atoms with E-state index in [4.69, 9.17) is 11.6 Å². The molecule has 0 aliphatic carbocycles. The van der Waals surface area contributed by atoms with Crippen molar-refractivity contribution >= 4 is 45.2 Å². The van der Waals surface area contributed by atoms with E-state index < -0.39 is 28.9 Å². The highest BCUT2D eigenvalue weighted by Crippen LogP contribution is 2.38. The summed E-state index contributed by atoms with van der Waals surface area (Å²) in [6.45, 7) is 0. The third-order valence-electron chi connectivity index (χ3n) is 4.36. The molecule has 1 N–H and O–H groups in total. The van der Waals surface area contributed by atoms with E-state index in [0.29, 0.717) is 10.2 Å². The molecule has 1 aromatic heterocycles. The number of nitrogens with zero attached hydrogens (tertiary/aromatic N) is 3. The number of halogens is 4. The van der Waals surface area contributed by atoms with Crippen LogP contribution >= 0.6 is 22.9 Å². The number of aromatic hydroxyl groups is 1. The minimum Gasteiger partial charge on any atom is -0.492 e. The van der Waals surface area contributed by atoms with Crippen LogP contribution < -0.4 is 15.5 Å². The first-order valence-corrected chi connectivity index (χ1v) is 9.39. The van der Waals surface area contributed by atoms with Gasteiger partial charge in [-0.2, -0.15) is 18.2 Å². The lowest BCUT2D eigenvalue weighted by Gasteiger charge is -2.15. The Morgan fingerprint density at radius 3 is 2.48 bits per heavy atom. The molecule has 2 aromatic carbocycles. The summed E-state index contributed by atoms with van der Waals surface area (Å²) in [7, 11) is 1.70. The third kappa shape index (κ3) is 3.36. The van der Waals surface area contributed by atoms with Crippen LogP contribution in [0.4, 0.5) is 24.0 Å². The van der Waals surface area contributed by atoms with Crippen molar-refractivity contribution in [1.82, 2.24) is 4.98 Å². The van der Waals surface area contributed by atoms with Gasteiger partial charge in [0, 0.05) is 23.0 Å². The number of para-hydroxylation sites is 1. The molecule has 3 aromatic rings. The fourth-order valence-corrected chi connectivity index (χ4v) is 4.09. The Kier molecular flexibility index (Phi) is 4.59. The first-order valence-electron chi connectivity index (χ1n) is 8.20. The molecular formula is C19H11ClF3N3O2S. The molecule has 0 atom stereocenters. The maximum atomic E-state index is 13.2. The molecule has 1 aliphatic heterocycles. The molecule has 0 saturated heterocycles. The second kappa shape index (κ2) is 6.85. The number of hydrogen-bond donors (Lipinski definition) is 1. The normalized spacial score (nSPS) is 13.4. The fraction of sp³-hybridized carbons (Fsp3) is 0.105. The van der Waals surface area contributed by atoms with E-state index in [0.717, 1.165) is 23.1 Å². The van der Waals surface area contributed by atoms with Gasteiger partial charge in [0.25, 0.3) is 5.91 Å². The smallest absolute Gasteiger partial charge is 0.418 e. The summed E-state index contributed by atoms with van der Waals surface area (Å²) in [6.07, 6.45) is -4.65. The zero-order valence-electron chi connectivity index (χ0n) is 14.7. The monoisotopic (exact) mass is 437 g/mol. The van der Waals surface area contributed by atoms with Gasteiger partial charge in [0.15, 0.2) is 5.13 Å². The molecule has 0 radical (unpaired) electrons. The van der Waals surface area contributed by atoms with Crippen LogP contribution in [0.15, 0.2) is 47.5 Å². The Balaban J connectivity index is 1.85. The van der Waals surface area contributed by atoms with Gasteiger partial charge in [0.1, 0.15) is 4.88 Å². The lowest BCUT2D eigenvalue weighted by atomic mass is 10.1. The van der Waals surface area contributed by atoms with E-state index in [2.05, 4.69) is 9.98 Å². The largest absolute Gasteiger partial charge is 0.492 e. The van der Waals surface area contributed by atoms with Crippen LogP contribution in [0.3, 0.4) is 0 Å². The zero-order valence-corrected chi connectivity index (χ0v) is 16.2. The average Bonchev–Trinajstić information content (AvgIpc) is 3.19. The number of amides is 1. The molecule has 2 heterocycles. The van der Waals surface area contributed by atoms with Gasteiger partial charge in [-0.05, 0) is 30.3 Å². The van der Waals surface area contributed by atoms with Gasteiger partial charge < -0.3 is 10.0 Å². The van der Waals surface area contributed by atoms with Gasteiger partial charge >= 0.3 is 6.18 Å². The Labute approximate surface area is 171 Å². The molecule has 1 amide bonds. The SMILES string of the molecule is CN(c1ccc(Cl)cc1)c1nc(O)c(C2=c3cccc(C(F)(F)F)c3=NC2=O)s1. The van der Waals surface area contributed by atoms with E-state index in [1.165, 1.54) is 12.1 Å². The number of alkyl halides is 3. The summed E-state index contributed by atoms with van der Waals surface area (Å²) in [5.74, 6) is -1.30. The summed E-state index contributed by atoms with van der Waals surface area (Å²) in [4.78, 5) is 21.8. The highest BCUT2D eigenvalue weighted by Gasteiger charge is 2.35. The van der Waals surface area contributed by atoms with Crippen molar-refractivity contribution < 1.29 is 23.1 Å². The lowest BCUT2D eigenvalue weighted by molar-refractivity contribution is -0.138. The number of fused-ring (bicyclic) bond motifs is 1. The predicted molar refractivity (Wildman–Crippen MR) is 103 cm³/mol. The van der Waals surface area contributed by atoms with E-state index in [1.54, 1.807) is 36.2 Å². The molecule has 0 bridgehead atoms. The Morgan fingerprint density at radius 1 is 1.14 bits per heavy atom. The standard InChI is InChI=1S/C19H11ClF3N3O2S/c1-26(10-7-5-9(20)6-8-10)18-25-17(28)15(29-18)13-11-3-2-4-12(19(21,22)23)14(11)24-16(13)27/h2-8,28H,1H3. The number of anilines is 2. The molecular weight excluding hydrogens is 427 g/mol. The molecule has 0 spiro atoms. The van der Waals surface area contributed by atoms with Crippen LogP contribution in [0.25, 0.3) is 5.57 Å². The Bertz CT molecular complexity index is 1250. The molecule has 4 rings (SSSR count). The van der Waals surface area contributed by atoms with Crippen LogP contribution in [0.5, 0.6) is 5.88 Å². The van der Waals surface area contributed by atoms with Crippen molar-refractivity contribution in [2.24, 2.45) is 4.99 Å². The van der Waals surface area contributed by atoms with E-state index in [9.17, 15) is 23.1 Å². The van der Waals surface area contributed by atoms with Crippen molar-refractivity contribution in [3.05, 3.63) is 68.5 Å². The maximum absolute atomic E-state index is 13.2. The van der Waals surface area contributed by atoms with Gasteiger partial charge in [-0.1, -0.05) is 35.1 Å². The molecule has 10 heteroatoms. The summed E-state index contributed by atoms with van der Waals surface area (Å²) >= 11 is 6.86. The predicted octanol–water partition coefficient (Wildman–Crippen LogP) is 3.65. The molecule has 1 aliphatic rings. The van der Waals surface area contributed by atoms with Gasteiger partial charge in [-0.15, -0.1) is 0 Å². The zero-order chi connectivity index (χ0) is 20.9. The third-order valence-corrected chi connectivity index (χ3v) is 5.75. The van der Waals surface area contributed by atoms with Crippen molar-refractivity contribution in [3.63, 3.8) is 0 Å². The summed E-state index contributed by atoms with van der Waals surface area (Å²) in [5, 5.41) is 10.8. The summed E-state index contributed by atoms with van der Waals surface area (Å²) < 4.78 is 39.7. The molecule has 5 nitrogen and oxygen atoms in total. The average molecular weight is 438 g/mol. The second-order valence-corrected chi connectivity index (χ2v) is 7.59. The highest BCUT2D eigenvalue weighted by atomic mass is 35.5. The summed E-state index contributed by atoms with van der Waals surface area (Å²) in [5.41, 5.74) is -0.375. The Hall–Kier alpha value is -2.91. The van der Waals surface area contributed by atoms with Crippen molar-refractivity contribution in [2.45, 2.75) is 6.18 Å². The maximum Gasteiger partial charge on any atom is 0.418 e. The van der Waals surface area contributed by atoms with E-state index in [-0.39, 0.29) is 15.7 Å². The molecule has 29 heavy (non-hydrogen) atoms. The van der Waals surface area contributed by atoms with Crippen LogP contribution in [-0.4, -0.2) is 23.0 Å². The van der Waals surface area contributed by atoms with Crippen LogP contribution in [0.2, 0.25) is 5.02 Å². The first-order chi connectivity index (χ1) is 13.7. The van der Waals surface area contributed by atoms with Crippen LogP contribution in [0, 0.1) is 0 Å². The van der Waals surface area contributed by atoms with Gasteiger partial charge in [-0.25, -0.2) is 4.99 Å². The van der Waals surface area contributed by atoms with Crippen LogP contribution in [-0.2, 0) is 11.0 Å². The van der Waals surface area contributed by atoms with Crippen molar-refractivity contribution in [3.8, 4) is 5.88 Å². The molecule has 148 valence electrons. The van der Waals surface area contributed by atoms with Gasteiger partial charge in [-0.3, -0.25) is 4.79 Å². The van der Waals surface area contributed by atoms with E-state index >= 15 is 0 Å². The second-order valence-electron chi connectivity index (χ2n) is 6.18. The Morgan fingerprint density at radius 2 is 1.83 bits per heavy atom. The highest BCUT2D eigenvalue weighted by molar-refractivity contribution is 7.17. The molecule has 0 fully saturated rings.